The third kappa shape index (κ3) is 2.34. The largest absolute Gasteiger partial charge is 0.368 e. The number of piperidine rings is 1. The van der Waals surface area contributed by atoms with Gasteiger partial charge in [0, 0.05) is 6.54 Å². The Hall–Kier alpha value is -2.21. The maximum atomic E-state index is 12.9. The van der Waals surface area contributed by atoms with E-state index in [0.717, 1.165) is 22.4 Å². The van der Waals surface area contributed by atoms with E-state index in [1.54, 1.807) is 10.4 Å². The second kappa shape index (κ2) is 5.16. The number of hydrogen-bond donors (Lipinski definition) is 1. The fourth-order valence-electron chi connectivity index (χ4n) is 3.56. The van der Waals surface area contributed by atoms with Crippen LogP contribution in [-0.2, 0) is 4.79 Å². The Kier molecular flexibility index (Phi) is 3.23. The number of rotatable bonds is 3. The Bertz CT molecular complexity index is 801. The van der Waals surface area contributed by atoms with Gasteiger partial charge in [-0.1, -0.05) is 29.8 Å². The average Bonchev–Trinajstić information content (AvgIpc) is 2.98. The Morgan fingerprint density at radius 3 is 2.96 bits per heavy atom. The number of nitrogens with two attached hydrogens (primary N) is 1. The van der Waals surface area contributed by atoms with Gasteiger partial charge in [-0.05, 0) is 30.7 Å². The molecule has 2 heterocycles. The fraction of sp³-hybridized carbons (Fsp3) is 0.353. The van der Waals surface area contributed by atoms with Gasteiger partial charge < -0.3 is 10.6 Å². The summed E-state index contributed by atoms with van der Waals surface area (Å²) in [5.74, 6) is 0.0875. The van der Waals surface area contributed by atoms with Crippen LogP contribution in [0.2, 0.25) is 0 Å². The summed E-state index contributed by atoms with van der Waals surface area (Å²) in [6, 6.07) is 7.53. The van der Waals surface area contributed by atoms with Crippen molar-refractivity contribution in [3.05, 3.63) is 41.0 Å². The molecule has 1 saturated heterocycles. The third-order valence-corrected chi connectivity index (χ3v) is 5.63. The predicted molar refractivity (Wildman–Crippen MR) is 87.9 cm³/mol. The summed E-state index contributed by atoms with van der Waals surface area (Å²) in [6.07, 6.45) is 0.999. The van der Waals surface area contributed by atoms with Crippen LogP contribution in [0.25, 0.3) is 10.4 Å². The molecule has 1 aromatic carbocycles. The van der Waals surface area contributed by atoms with Crippen LogP contribution in [-0.4, -0.2) is 34.3 Å². The second-order valence-corrected chi connectivity index (χ2v) is 7.22. The quantitative estimate of drug-likeness (QED) is 0.937. The van der Waals surface area contributed by atoms with Crippen LogP contribution in [0.3, 0.4) is 0 Å². The lowest BCUT2D eigenvalue weighted by Gasteiger charge is -2.24. The summed E-state index contributed by atoms with van der Waals surface area (Å²) in [5, 5.41) is 0. The van der Waals surface area contributed by atoms with Crippen LogP contribution in [0.4, 0.5) is 0 Å². The molecule has 0 unspecified atom stereocenters. The van der Waals surface area contributed by atoms with E-state index in [-0.39, 0.29) is 11.8 Å². The van der Waals surface area contributed by atoms with E-state index >= 15 is 0 Å². The van der Waals surface area contributed by atoms with Crippen molar-refractivity contribution in [3.8, 4) is 10.4 Å². The van der Waals surface area contributed by atoms with E-state index in [1.807, 2.05) is 31.2 Å². The van der Waals surface area contributed by atoms with E-state index in [1.165, 1.54) is 11.3 Å². The zero-order valence-electron chi connectivity index (χ0n) is 12.7. The van der Waals surface area contributed by atoms with Crippen LogP contribution in [0.1, 0.15) is 22.5 Å². The summed E-state index contributed by atoms with van der Waals surface area (Å²) in [6.45, 7) is 2.63. The van der Waals surface area contributed by atoms with Crippen molar-refractivity contribution < 1.29 is 9.59 Å². The highest BCUT2D eigenvalue weighted by Crippen LogP contribution is 2.50. The molecule has 0 radical (unpaired) electrons. The topological polar surface area (TPSA) is 76.3 Å². The van der Waals surface area contributed by atoms with Gasteiger partial charge in [0.05, 0.1) is 10.4 Å². The van der Waals surface area contributed by atoms with Crippen LogP contribution in [0, 0.1) is 18.8 Å². The van der Waals surface area contributed by atoms with Gasteiger partial charge in [0.25, 0.3) is 5.91 Å². The van der Waals surface area contributed by atoms with Gasteiger partial charge in [-0.2, -0.15) is 0 Å². The van der Waals surface area contributed by atoms with Gasteiger partial charge in [0.15, 0.2) is 0 Å². The molecule has 6 heteroatoms. The molecule has 1 aromatic heterocycles. The Morgan fingerprint density at radius 1 is 1.39 bits per heavy atom. The third-order valence-electron chi connectivity index (χ3n) is 4.75. The van der Waals surface area contributed by atoms with Gasteiger partial charge in [0.1, 0.15) is 11.7 Å². The highest BCUT2D eigenvalue weighted by atomic mass is 32.1. The number of benzene rings is 1. The van der Waals surface area contributed by atoms with Crippen molar-refractivity contribution >= 4 is 23.2 Å². The molecule has 3 atom stereocenters. The molecule has 5 nitrogen and oxygen atoms in total. The molecule has 2 N–H and O–H groups in total. The zero-order chi connectivity index (χ0) is 16.1. The van der Waals surface area contributed by atoms with E-state index in [2.05, 4.69) is 4.98 Å². The molecular formula is C17H17N3O2S. The highest BCUT2D eigenvalue weighted by molar-refractivity contribution is 7.13. The lowest BCUT2D eigenvalue weighted by Crippen LogP contribution is -2.46. The van der Waals surface area contributed by atoms with Crippen molar-refractivity contribution in [2.24, 2.45) is 17.6 Å². The maximum absolute atomic E-state index is 12.9. The van der Waals surface area contributed by atoms with Crippen LogP contribution < -0.4 is 5.73 Å². The standard InChI is InChI=1S/C17H17N3O2S/c1-9-3-2-4-10(5-9)15-13(19-8-23-15)17(22)20-7-11-6-12(11)14(20)16(18)21/h2-5,8,11-12,14H,6-7H2,1H3,(H2,18,21)/t11-,12-,14+/m1/s1. The van der Waals surface area contributed by atoms with Crippen molar-refractivity contribution in [1.82, 2.24) is 9.88 Å². The van der Waals surface area contributed by atoms with Gasteiger partial charge in [0.2, 0.25) is 5.91 Å². The first-order valence-electron chi connectivity index (χ1n) is 7.67. The minimum absolute atomic E-state index is 0.182. The molecule has 2 aliphatic rings. The molecule has 2 fully saturated rings. The minimum Gasteiger partial charge on any atom is -0.368 e. The van der Waals surface area contributed by atoms with Crippen molar-refractivity contribution in [2.75, 3.05) is 6.54 Å². The first kappa shape index (κ1) is 14.4. The van der Waals surface area contributed by atoms with E-state index < -0.39 is 11.9 Å². The Morgan fingerprint density at radius 2 is 2.22 bits per heavy atom. The maximum Gasteiger partial charge on any atom is 0.274 e. The number of aromatic nitrogens is 1. The Balaban J connectivity index is 1.68. The normalized spacial score (nSPS) is 25.3. The summed E-state index contributed by atoms with van der Waals surface area (Å²) in [4.78, 5) is 31.4. The van der Waals surface area contributed by atoms with Crippen LogP contribution in [0.5, 0.6) is 0 Å². The van der Waals surface area contributed by atoms with E-state index in [4.69, 9.17) is 5.73 Å². The lowest BCUT2D eigenvalue weighted by molar-refractivity contribution is -0.122. The number of aryl methyl sites for hydroxylation is 1. The predicted octanol–water partition coefficient (Wildman–Crippen LogP) is 2.06. The van der Waals surface area contributed by atoms with Gasteiger partial charge >= 0.3 is 0 Å². The number of nitrogens with zero attached hydrogens (tertiary/aromatic N) is 2. The zero-order valence-corrected chi connectivity index (χ0v) is 13.5. The van der Waals surface area contributed by atoms with Crippen molar-refractivity contribution in [3.63, 3.8) is 0 Å². The second-order valence-electron chi connectivity index (χ2n) is 6.36. The molecule has 1 saturated carbocycles. The number of fused-ring (bicyclic) bond motifs is 1. The summed E-state index contributed by atoms with van der Waals surface area (Å²) in [7, 11) is 0. The first-order valence-corrected chi connectivity index (χ1v) is 8.55. The number of amides is 2. The fourth-order valence-corrected chi connectivity index (χ4v) is 4.34. The van der Waals surface area contributed by atoms with Gasteiger partial charge in [-0.15, -0.1) is 11.3 Å². The van der Waals surface area contributed by atoms with Crippen molar-refractivity contribution in [2.45, 2.75) is 19.4 Å². The number of carbonyl (C=O) groups excluding carboxylic acids is 2. The van der Waals surface area contributed by atoms with Crippen LogP contribution in [0.15, 0.2) is 29.8 Å². The monoisotopic (exact) mass is 327 g/mol. The molecule has 23 heavy (non-hydrogen) atoms. The highest BCUT2D eigenvalue weighted by Gasteiger charge is 2.56. The first-order chi connectivity index (χ1) is 11.1. The van der Waals surface area contributed by atoms with Gasteiger partial charge in [-0.3, -0.25) is 9.59 Å². The Labute approximate surface area is 138 Å². The molecule has 1 aliphatic heterocycles. The molecule has 0 bridgehead atoms. The molecule has 0 spiro atoms. The number of hydrogen-bond acceptors (Lipinski definition) is 4. The van der Waals surface area contributed by atoms with Crippen LogP contribution >= 0.6 is 11.3 Å². The van der Waals surface area contributed by atoms with E-state index in [0.29, 0.717) is 18.2 Å². The molecule has 2 aromatic rings. The lowest BCUT2D eigenvalue weighted by atomic mass is 10.1. The summed E-state index contributed by atoms with van der Waals surface area (Å²) >= 11 is 1.45. The van der Waals surface area contributed by atoms with Gasteiger partial charge in [-0.25, -0.2) is 4.98 Å². The summed E-state index contributed by atoms with van der Waals surface area (Å²) < 4.78 is 0. The molecule has 1 aliphatic carbocycles. The minimum atomic E-state index is -0.473. The number of likely N-dealkylation sites (tertiary alicyclic amines) is 1. The number of carbonyl (C=O) groups is 2. The van der Waals surface area contributed by atoms with Crippen molar-refractivity contribution in [1.29, 1.82) is 0 Å². The molecule has 4 rings (SSSR count). The number of thiazole rings is 1. The number of primary amides is 1. The average molecular weight is 327 g/mol. The smallest absolute Gasteiger partial charge is 0.274 e. The molecule has 118 valence electrons. The summed E-state index contributed by atoms with van der Waals surface area (Å²) in [5.41, 5.74) is 9.73. The molecular weight excluding hydrogens is 310 g/mol. The van der Waals surface area contributed by atoms with E-state index in [9.17, 15) is 9.59 Å². The SMILES string of the molecule is Cc1cccc(-c2scnc2C(=O)N2C[C@H]3C[C@H]3[C@H]2C(N)=O)c1. The molecule has 2 amide bonds.